The first kappa shape index (κ1) is 18.0. The monoisotopic (exact) mass is 388 g/mol. The van der Waals surface area contributed by atoms with Crippen molar-refractivity contribution in [2.45, 2.75) is 6.61 Å². The van der Waals surface area contributed by atoms with E-state index in [1.54, 1.807) is 28.9 Å². The van der Waals surface area contributed by atoms with Crippen LogP contribution in [0.25, 0.3) is 16.9 Å². The smallest absolute Gasteiger partial charge is 0.338 e. The van der Waals surface area contributed by atoms with Gasteiger partial charge in [0.05, 0.1) is 16.9 Å². The molecule has 0 saturated heterocycles. The zero-order chi connectivity index (χ0) is 19.3. The molecule has 4 rings (SSSR count). The van der Waals surface area contributed by atoms with Gasteiger partial charge in [0.15, 0.2) is 0 Å². The number of hydrogen-bond acceptors (Lipinski definition) is 3. The SMILES string of the molecule is O=C(OCc1cn(-c2ccccc2)nc1-c1ccccc1)c1cccc(Cl)c1. The molecule has 1 aromatic heterocycles. The summed E-state index contributed by atoms with van der Waals surface area (Å²) in [5.41, 5.74) is 3.93. The highest BCUT2D eigenvalue weighted by Gasteiger charge is 2.15. The molecular weight excluding hydrogens is 372 g/mol. The van der Waals surface area contributed by atoms with E-state index in [-0.39, 0.29) is 6.61 Å². The van der Waals surface area contributed by atoms with Gasteiger partial charge in [0.25, 0.3) is 0 Å². The van der Waals surface area contributed by atoms with E-state index in [1.807, 2.05) is 66.9 Å². The Labute approximate surface area is 168 Å². The highest BCUT2D eigenvalue weighted by atomic mass is 35.5. The molecular formula is C23H17ClN2O2. The first-order valence-electron chi connectivity index (χ1n) is 8.83. The van der Waals surface area contributed by atoms with E-state index in [0.29, 0.717) is 10.6 Å². The van der Waals surface area contributed by atoms with E-state index in [0.717, 1.165) is 22.5 Å². The van der Waals surface area contributed by atoms with Crippen molar-refractivity contribution in [2.75, 3.05) is 0 Å². The second kappa shape index (κ2) is 8.11. The van der Waals surface area contributed by atoms with E-state index in [9.17, 15) is 4.79 Å². The second-order valence-corrected chi connectivity index (χ2v) is 6.67. The molecule has 0 saturated carbocycles. The van der Waals surface area contributed by atoms with E-state index in [2.05, 4.69) is 0 Å². The molecule has 0 aliphatic rings. The lowest BCUT2D eigenvalue weighted by atomic mass is 10.1. The molecule has 0 amide bonds. The normalized spacial score (nSPS) is 10.6. The average Bonchev–Trinajstić information content (AvgIpc) is 3.17. The van der Waals surface area contributed by atoms with E-state index in [4.69, 9.17) is 21.4 Å². The van der Waals surface area contributed by atoms with Crippen molar-refractivity contribution in [2.24, 2.45) is 0 Å². The van der Waals surface area contributed by atoms with Crippen LogP contribution in [0.1, 0.15) is 15.9 Å². The number of carbonyl (C=O) groups is 1. The lowest BCUT2D eigenvalue weighted by Crippen LogP contribution is -2.05. The molecule has 0 aliphatic heterocycles. The van der Waals surface area contributed by atoms with Crippen LogP contribution in [-0.2, 0) is 11.3 Å². The molecule has 5 heteroatoms. The number of rotatable bonds is 5. The molecule has 0 atom stereocenters. The predicted molar refractivity (Wildman–Crippen MR) is 110 cm³/mol. The zero-order valence-corrected chi connectivity index (χ0v) is 15.7. The lowest BCUT2D eigenvalue weighted by molar-refractivity contribution is 0.0473. The Morgan fingerprint density at radius 1 is 0.929 bits per heavy atom. The molecule has 0 N–H and O–H groups in total. The number of nitrogens with zero attached hydrogens (tertiary/aromatic N) is 2. The van der Waals surface area contributed by atoms with E-state index in [1.165, 1.54) is 0 Å². The summed E-state index contributed by atoms with van der Waals surface area (Å²) in [4.78, 5) is 12.4. The van der Waals surface area contributed by atoms with Gasteiger partial charge < -0.3 is 4.74 Å². The number of benzene rings is 3. The third-order valence-corrected chi connectivity index (χ3v) is 4.51. The topological polar surface area (TPSA) is 44.1 Å². The third kappa shape index (κ3) is 3.97. The van der Waals surface area contributed by atoms with Gasteiger partial charge in [0, 0.05) is 22.3 Å². The van der Waals surface area contributed by atoms with Crippen LogP contribution in [0, 0.1) is 0 Å². The summed E-state index contributed by atoms with van der Waals surface area (Å²) in [6.07, 6.45) is 1.89. The number of esters is 1. The minimum atomic E-state index is -0.422. The highest BCUT2D eigenvalue weighted by Crippen LogP contribution is 2.24. The van der Waals surface area contributed by atoms with Crippen molar-refractivity contribution < 1.29 is 9.53 Å². The first-order chi connectivity index (χ1) is 13.7. The third-order valence-electron chi connectivity index (χ3n) is 4.28. The molecule has 0 radical (unpaired) electrons. The van der Waals surface area contributed by atoms with Gasteiger partial charge in [-0.3, -0.25) is 0 Å². The maximum atomic E-state index is 12.4. The minimum Gasteiger partial charge on any atom is -0.457 e. The molecule has 0 spiro atoms. The second-order valence-electron chi connectivity index (χ2n) is 6.24. The Balaban J connectivity index is 1.63. The zero-order valence-electron chi connectivity index (χ0n) is 15.0. The summed E-state index contributed by atoms with van der Waals surface area (Å²) in [7, 11) is 0. The molecule has 0 bridgehead atoms. The summed E-state index contributed by atoms with van der Waals surface area (Å²) in [5, 5.41) is 5.22. The molecule has 1 heterocycles. The molecule has 28 heavy (non-hydrogen) atoms. The number of carbonyl (C=O) groups excluding carboxylic acids is 1. The van der Waals surface area contributed by atoms with Gasteiger partial charge in [-0.15, -0.1) is 0 Å². The minimum absolute atomic E-state index is 0.113. The molecule has 138 valence electrons. The lowest BCUT2D eigenvalue weighted by Gasteiger charge is -2.05. The Bertz CT molecular complexity index is 1090. The Hall–Kier alpha value is -3.37. The molecule has 0 aliphatic carbocycles. The number of halogens is 1. The Morgan fingerprint density at radius 2 is 1.64 bits per heavy atom. The first-order valence-corrected chi connectivity index (χ1v) is 9.20. The summed E-state index contributed by atoms with van der Waals surface area (Å²) in [6.45, 7) is 0.113. The standard InChI is InChI=1S/C23H17ClN2O2/c24-20-11-7-10-18(14-20)23(27)28-16-19-15-26(21-12-5-2-6-13-21)25-22(19)17-8-3-1-4-9-17/h1-15H,16H2. The van der Waals surface area contributed by atoms with Crippen molar-refractivity contribution in [1.29, 1.82) is 0 Å². The Morgan fingerprint density at radius 3 is 2.36 bits per heavy atom. The van der Waals surface area contributed by atoms with Gasteiger partial charge >= 0.3 is 5.97 Å². The quantitative estimate of drug-likeness (QED) is 0.421. The van der Waals surface area contributed by atoms with E-state index >= 15 is 0 Å². The van der Waals surface area contributed by atoms with Crippen molar-refractivity contribution >= 4 is 17.6 Å². The van der Waals surface area contributed by atoms with Gasteiger partial charge in [-0.25, -0.2) is 9.48 Å². The van der Waals surface area contributed by atoms with Gasteiger partial charge in [-0.2, -0.15) is 5.10 Å². The summed E-state index contributed by atoms with van der Waals surface area (Å²) in [6, 6.07) is 26.4. The average molecular weight is 389 g/mol. The van der Waals surface area contributed by atoms with Gasteiger partial charge in [-0.1, -0.05) is 66.2 Å². The van der Waals surface area contributed by atoms with Crippen LogP contribution < -0.4 is 0 Å². The fraction of sp³-hybridized carbons (Fsp3) is 0.0435. The molecule has 0 unspecified atom stereocenters. The summed E-state index contributed by atoms with van der Waals surface area (Å²) >= 11 is 5.96. The van der Waals surface area contributed by atoms with Gasteiger partial charge in [0.1, 0.15) is 6.61 Å². The molecule has 4 nitrogen and oxygen atoms in total. The van der Waals surface area contributed by atoms with Crippen LogP contribution in [0.15, 0.2) is 91.1 Å². The number of para-hydroxylation sites is 1. The van der Waals surface area contributed by atoms with Crippen molar-refractivity contribution in [1.82, 2.24) is 9.78 Å². The highest BCUT2D eigenvalue weighted by molar-refractivity contribution is 6.30. The molecule has 4 aromatic rings. The van der Waals surface area contributed by atoms with Gasteiger partial charge in [0.2, 0.25) is 0 Å². The van der Waals surface area contributed by atoms with Crippen molar-refractivity contribution in [3.8, 4) is 16.9 Å². The molecule has 0 fully saturated rings. The van der Waals surface area contributed by atoms with E-state index < -0.39 is 5.97 Å². The van der Waals surface area contributed by atoms with Crippen LogP contribution in [0.4, 0.5) is 0 Å². The number of aromatic nitrogens is 2. The van der Waals surface area contributed by atoms with Gasteiger partial charge in [-0.05, 0) is 30.3 Å². The van der Waals surface area contributed by atoms with Crippen LogP contribution in [0.5, 0.6) is 0 Å². The fourth-order valence-corrected chi connectivity index (χ4v) is 3.10. The fourth-order valence-electron chi connectivity index (χ4n) is 2.91. The Kier molecular flexibility index (Phi) is 5.22. The van der Waals surface area contributed by atoms with Crippen LogP contribution in [0.2, 0.25) is 5.02 Å². The number of hydrogen-bond donors (Lipinski definition) is 0. The van der Waals surface area contributed by atoms with Crippen molar-refractivity contribution in [3.63, 3.8) is 0 Å². The van der Waals surface area contributed by atoms with Crippen LogP contribution in [-0.4, -0.2) is 15.7 Å². The van der Waals surface area contributed by atoms with Crippen LogP contribution >= 0.6 is 11.6 Å². The molecule has 3 aromatic carbocycles. The number of ether oxygens (including phenoxy) is 1. The maximum Gasteiger partial charge on any atom is 0.338 e. The maximum absolute atomic E-state index is 12.4. The van der Waals surface area contributed by atoms with Crippen LogP contribution in [0.3, 0.4) is 0 Å². The summed E-state index contributed by atoms with van der Waals surface area (Å²) < 4.78 is 7.33. The van der Waals surface area contributed by atoms with Crippen molar-refractivity contribution in [3.05, 3.63) is 107 Å². The summed E-state index contributed by atoms with van der Waals surface area (Å²) in [5.74, 6) is -0.422. The predicted octanol–water partition coefficient (Wildman–Crippen LogP) is 5.55. The largest absolute Gasteiger partial charge is 0.457 e.